The van der Waals surface area contributed by atoms with Gasteiger partial charge in [-0.2, -0.15) is 17.6 Å². The van der Waals surface area contributed by atoms with E-state index in [1.165, 1.54) is 0 Å². The minimum absolute atomic E-state index is 0.254. The lowest BCUT2D eigenvalue weighted by atomic mass is 10.4. The highest BCUT2D eigenvalue weighted by Crippen LogP contribution is 2.17. The molecule has 0 bridgehead atoms. The number of nitrogens with zero attached hydrogens (tertiary/aromatic N) is 2. The van der Waals surface area contributed by atoms with Gasteiger partial charge in [0.25, 0.3) is 10.0 Å². The van der Waals surface area contributed by atoms with Gasteiger partial charge in [0, 0.05) is 3.57 Å². The van der Waals surface area contributed by atoms with Gasteiger partial charge < -0.3 is 0 Å². The minimum atomic E-state index is -3.56. The maximum Gasteiger partial charge on any atom is 0.283 e. The smallest absolute Gasteiger partial charge is 0.199 e. The maximum atomic E-state index is 12.3. The van der Waals surface area contributed by atoms with Crippen LogP contribution in [0.2, 0.25) is 0 Å². The number of aryl methyl sites for hydroxylation is 2. The van der Waals surface area contributed by atoms with Crippen molar-refractivity contribution in [1.29, 1.82) is 0 Å². The average molecular weight is 362 g/mol. The zero-order valence-electron chi connectivity index (χ0n) is 9.38. The summed E-state index contributed by atoms with van der Waals surface area (Å²) in [5, 5.41) is 4.01. The summed E-state index contributed by atoms with van der Waals surface area (Å²) < 4.78 is 26.6. The predicted octanol–water partition coefficient (Wildman–Crippen LogP) is 2.34. The molecule has 6 heteroatoms. The molecule has 0 saturated carbocycles. The minimum Gasteiger partial charge on any atom is -0.199 e. The molecule has 0 amide bonds. The Morgan fingerprint density at radius 1 is 1.18 bits per heavy atom. The lowest BCUT2D eigenvalue weighted by Crippen LogP contribution is -2.16. The van der Waals surface area contributed by atoms with Crippen LogP contribution in [0.1, 0.15) is 11.4 Å². The zero-order chi connectivity index (χ0) is 12.6. The van der Waals surface area contributed by atoms with E-state index in [-0.39, 0.29) is 4.90 Å². The van der Waals surface area contributed by atoms with Crippen LogP contribution in [0.3, 0.4) is 0 Å². The van der Waals surface area contributed by atoms with Crippen molar-refractivity contribution in [3.05, 3.63) is 45.3 Å². The Labute approximate surface area is 114 Å². The molecule has 0 atom stereocenters. The van der Waals surface area contributed by atoms with Crippen molar-refractivity contribution in [1.82, 2.24) is 9.19 Å². The van der Waals surface area contributed by atoms with Crippen LogP contribution in [0.5, 0.6) is 0 Å². The molecule has 0 aliphatic carbocycles. The molecule has 0 saturated heterocycles. The average Bonchev–Trinajstić information content (AvgIpc) is 2.59. The monoisotopic (exact) mass is 362 g/mol. The molecule has 1 heterocycles. The Kier molecular flexibility index (Phi) is 3.26. The number of hydrogen-bond acceptors (Lipinski definition) is 3. The molecule has 1 aromatic heterocycles. The highest BCUT2D eigenvalue weighted by molar-refractivity contribution is 14.1. The topological polar surface area (TPSA) is 52.0 Å². The zero-order valence-corrected chi connectivity index (χ0v) is 12.4. The van der Waals surface area contributed by atoms with Gasteiger partial charge in [-0.05, 0) is 66.8 Å². The quantitative estimate of drug-likeness (QED) is 0.771. The van der Waals surface area contributed by atoms with Crippen LogP contribution in [0.25, 0.3) is 0 Å². The van der Waals surface area contributed by atoms with Crippen molar-refractivity contribution in [3.8, 4) is 0 Å². The van der Waals surface area contributed by atoms with E-state index in [1.807, 2.05) is 0 Å². The first-order valence-corrected chi connectivity index (χ1v) is 7.47. The molecule has 0 aliphatic heterocycles. The fourth-order valence-electron chi connectivity index (χ4n) is 1.56. The molecule has 0 N–H and O–H groups in total. The maximum absolute atomic E-state index is 12.3. The van der Waals surface area contributed by atoms with Crippen LogP contribution in [-0.4, -0.2) is 17.6 Å². The van der Waals surface area contributed by atoms with Crippen LogP contribution in [0, 0.1) is 17.4 Å². The van der Waals surface area contributed by atoms with E-state index in [9.17, 15) is 8.42 Å². The van der Waals surface area contributed by atoms with Crippen LogP contribution in [0.15, 0.2) is 35.2 Å². The Morgan fingerprint density at radius 3 is 2.24 bits per heavy atom. The van der Waals surface area contributed by atoms with Crippen molar-refractivity contribution >= 4 is 32.6 Å². The van der Waals surface area contributed by atoms with E-state index in [4.69, 9.17) is 0 Å². The number of hydrogen-bond donors (Lipinski definition) is 0. The predicted molar refractivity (Wildman–Crippen MR) is 73.4 cm³/mol. The second-order valence-electron chi connectivity index (χ2n) is 3.73. The van der Waals surface area contributed by atoms with Gasteiger partial charge >= 0.3 is 0 Å². The molecular formula is C11H11IN2O2S. The van der Waals surface area contributed by atoms with E-state index in [0.29, 0.717) is 11.4 Å². The summed E-state index contributed by atoms with van der Waals surface area (Å²) in [7, 11) is -3.56. The third-order valence-electron chi connectivity index (χ3n) is 2.31. The number of halogens is 1. The highest BCUT2D eigenvalue weighted by atomic mass is 127. The second kappa shape index (κ2) is 4.41. The molecule has 4 nitrogen and oxygen atoms in total. The van der Waals surface area contributed by atoms with Crippen molar-refractivity contribution in [2.75, 3.05) is 0 Å². The van der Waals surface area contributed by atoms with Gasteiger partial charge in [0.15, 0.2) is 0 Å². The van der Waals surface area contributed by atoms with Gasteiger partial charge in [-0.15, -0.1) is 0 Å². The fourth-order valence-corrected chi connectivity index (χ4v) is 3.27. The lowest BCUT2D eigenvalue weighted by molar-refractivity contribution is 0.578. The molecule has 0 unspecified atom stereocenters. The molecule has 1 aromatic carbocycles. The summed E-state index contributed by atoms with van der Waals surface area (Å²) in [4.78, 5) is 0.254. The van der Waals surface area contributed by atoms with Gasteiger partial charge in [-0.25, -0.2) is 0 Å². The first-order chi connectivity index (χ1) is 7.91. The molecule has 0 aliphatic rings. The van der Waals surface area contributed by atoms with Crippen LogP contribution in [0.4, 0.5) is 0 Å². The lowest BCUT2D eigenvalue weighted by Gasteiger charge is -2.06. The Hall–Kier alpha value is -0.890. The van der Waals surface area contributed by atoms with Crippen LogP contribution in [-0.2, 0) is 10.0 Å². The summed E-state index contributed by atoms with van der Waals surface area (Å²) in [6.07, 6.45) is 0. The van der Waals surface area contributed by atoms with E-state index in [0.717, 1.165) is 7.66 Å². The Morgan fingerprint density at radius 2 is 1.76 bits per heavy atom. The van der Waals surface area contributed by atoms with Crippen molar-refractivity contribution in [2.45, 2.75) is 18.7 Å². The summed E-state index contributed by atoms with van der Waals surface area (Å²) in [6.45, 7) is 3.50. The number of aromatic nitrogens is 2. The van der Waals surface area contributed by atoms with Gasteiger partial charge in [0.2, 0.25) is 0 Å². The van der Waals surface area contributed by atoms with E-state index in [2.05, 4.69) is 27.7 Å². The number of rotatable bonds is 2. The number of benzene rings is 1. The fraction of sp³-hybridized carbons (Fsp3) is 0.182. The molecule has 2 rings (SSSR count). The molecule has 90 valence electrons. The highest BCUT2D eigenvalue weighted by Gasteiger charge is 2.19. The van der Waals surface area contributed by atoms with Gasteiger partial charge in [0.05, 0.1) is 16.3 Å². The van der Waals surface area contributed by atoms with E-state index in [1.54, 1.807) is 44.2 Å². The van der Waals surface area contributed by atoms with Crippen molar-refractivity contribution < 1.29 is 8.42 Å². The van der Waals surface area contributed by atoms with Crippen LogP contribution >= 0.6 is 22.6 Å². The summed E-state index contributed by atoms with van der Waals surface area (Å²) in [6, 6.07) is 8.45. The molecular weight excluding hydrogens is 351 g/mol. The second-order valence-corrected chi connectivity index (χ2v) is 6.74. The summed E-state index contributed by atoms with van der Waals surface area (Å²) in [5.74, 6) is 0. The first kappa shape index (κ1) is 12.6. The Bertz CT molecular complexity index is 645. The van der Waals surface area contributed by atoms with Gasteiger partial charge in [-0.3, -0.25) is 0 Å². The molecule has 17 heavy (non-hydrogen) atoms. The van der Waals surface area contributed by atoms with Crippen LogP contribution < -0.4 is 0 Å². The standard InChI is InChI=1S/C11H11IN2O2S/c1-8-7-9(2)14(13-8)17(15,16)11-5-3-10(12)4-6-11/h3-7H,1-2H3. The first-order valence-electron chi connectivity index (χ1n) is 4.95. The molecule has 0 fully saturated rings. The van der Waals surface area contributed by atoms with E-state index < -0.39 is 10.0 Å². The SMILES string of the molecule is Cc1cc(C)n(S(=O)(=O)c2ccc(I)cc2)n1. The summed E-state index contributed by atoms with van der Waals surface area (Å²) >= 11 is 2.13. The summed E-state index contributed by atoms with van der Waals surface area (Å²) in [5.41, 5.74) is 1.30. The van der Waals surface area contributed by atoms with Crippen molar-refractivity contribution in [3.63, 3.8) is 0 Å². The molecule has 0 radical (unpaired) electrons. The molecule has 2 aromatic rings. The van der Waals surface area contributed by atoms with E-state index >= 15 is 0 Å². The molecule has 0 spiro atoms. The van der Waals surface area contributed by atoms with Crippen molar-refractivity contribution in [2.24, 2.45) is 0 Å². The third kappa shape index (κ3) is 2.37. The van der Waals surface area contributed by atoms with Gasteiger partial charge in [-0.1, -0.05) is 0 Å². The van der Waals surface area contributed by atoms with Gasteiger partial charge in [0.1, 0.15) is 0 Å². The Balaban J connectivity index is 2.57. The third-order valence-corrected chi connectivity index (χ3v) is 4.72. The normalized spacial score (nSPS) is 11.7. The largest absolute Gasteiger partial charge is 0.283 e.